The molecule has 1 heterocycles. The third-order valence-corrected chi connectivity index (χ3v) is 3.55. The molecule has 0 saturated heterocycles. The molecule has 0 aliphatic heterocycles. The van der Waals surface area contributed by atoms with Gasteiger partial charge in [-0.1, -0.05) is 12.1 Å². The largest absolute Gasteiger partial charge is 0.363 e. The van der Waals surface area contributed by atoms with Gasteiger partial charge in [0, 0.05) is 11.5 Å². The topological polar surface area (TPSA) is 61.6 Å². The van der Waals surface area contributed by atoms with Gasteiger partial charge in [-0.2, -0.15) is 5.26 Å². The molecule has 0 spiro atoms. The van der Waals surface area contributed by atoms with E-state index in [2.05, 4.69) is 21.4 Å². The molecule has 0 unspecified atom stereocenters. The van der Waals surface area contributed by atoms with E-state index >= 15 is 0 Å². The summed E-state index contributed by atoms with van der Waals surface area (Å²) in [7, 11) is 0. The van der Waals surface area contributed by atoms with E-state index in [4.69, 9.17) is 5.26 Å². The number of nitriles is 1. The van der Waals surface area contributed by atoms with Crippen LogP contribution in [-0.4, -0.2) is 9.97 Å². The van der Waals surface area contributed by atoms with E-state index in [1.807, 2.05) is 13.0 Å². The molecular weight excluding hydrogens is 298 g/mol. The minimum absolute atomic E-state index is 0.172. The molecule has 1 N–H and O–H groups in total. The molecule has 6 heteroatoms. The standard InChI is InChI=1S/C17H12F2N4/c1-10(12-4-2-3-11(5-12)8-20)23-17-13-6-14(18)15(19)7-16(13)21-9-22-17/h2-7,9-10H,1H3,(H,21,22,23)/t10-/m1/s1. The van der Waals surface area contributed by atoms with Crippen molar-refractivity contribution in [3.8, 4) is 6.07 Å². The summed E-state index contributed by atoms with van der Waals surface area (Å²) in [5, 5.41) is 12.5. The highest BCUT2D eigenvalue weighted by atomic mass is 19.2. The molecule has 1 atom stereocenters. The maximum absolute atomic E-state index is 13.5. The minimum atomic E-state index is -0.950. The first-order valence-electron chi connectivity index (χ1n) is 6.95. The molecule has 2 aromatic carbocycles. The molecule has 1 aromatic heterocycles. The number of nitrogens with one attached hydrogen (secondary N) is 1. The Morgan fingerprint density at radius 1 is 1.13 bits per heavy atom. The first-order chi connectivity index (χ1) is 11.1. The van der Waals surface area contributed by atoms with Gasteiger partial charge in [-0.15, -0.1) is 0 Å². The minimum Gasteiger partial charge on any atom is -0.363 e. The average molecular weight is 310 g/mol. The predicted molar refractivity (Wildman–Crippen MR) is 82.6 cm³/mol. The van der Waals surface area contributed by atoms with Gasteiger partial charge in [-0.3, -0.25) is 0 Å². The lowest BCUT2D eigenvalue weighted by Crippen LogP contribution is -2.09. The normalized spacial score (nSPS) is 11.9. The SMILES string of the molecule is C[C@@H](Nc1ncnc2cc(F)c(F)cc12)c1cccc(C#N)c1. The summed E-state index contributed by atoms with van der Waals surface area (Å²) in [6.07, 6.45) is 1.29. The summed E-state index contributed by atoms with van der Waals surface area (Å²) in [4.78, 5) is 8.06. The van der Waals surface area contributed by atoms with E-state index in [0.717, 1.165) is 17.7 Å². The maximum Gasteiger partial charge on any atom is 0.161 e. The zero-order valence-electron chi connectivity index (χ0n) is 12.2. The van der Waals surface area contributed by atoms with Crippen LogP contribution in [0.1, 0.15) is 24.1 Å². The monoisotopic (exact) mass is 310 g/mol. The average Bonchev–Trinajstić information content (AvgIpc) is 2.56. The highest BCUT2D eigenvalue weighted by Gasteiger charge is 2.12. The van der Waals surface area contributed by atoms with Gasteiger partial charge >= 0.3 is 0 Å². The van der Waals surface area contributed by atoms with Gasteiger partial charge in [0.2, 0.25) is 0 Å². The molecule has 0 saturated carbocycles. The van der Waals surface area contributed by atoms with Gasteiger partial charge in [0.1, 0.15) is 12.1 Å². The Morgan fingerprint density at radius 2 is 1.91 bits per heavy atom. The van der Waals surface area contributed by atoms with Gasteiger partial charge in [0.25, 0.3) is 0 Å². The van der Waals surface area contributed by atoms with Crippen molar-refractivity contribution in [3.05, 3.63) is 65.5 Å². The number of aromatic nitrogens is 2. The lowest BCUT2D eigenvalue weighted by Gasteiger charge is -2.16. The van der Waals surface area contributed by atoms with Gasteiger partial charge < -0.3 is 5.32 Å². The van der Waals surface area contributed by atoms with Crippen LogP contribution in [0.25, 0.3) is 10.9 Å². The Balaban J connectivity index is 1.98. The quantitative estimate of drug-likeness (QED) is 0.795. The third-order valence-electron chi connectivity index (χ3n) is 3.55. The van der Waals surface area contributed by atoms with Crippen LogP contribution in [0, 0.1) is 23.0 Å². The van der Waals surface area contributed by atoms with Crippen molar-refractivity contribution in [2.75, 3.05) is 5.32 Å². The Morgan fingerprint density at radius 3 is 2.70 bits per heavy atom. The maximum atomic E-state index is 13.5. The first kappa shape index (κ1) is 14.9. The fraction of sp³-hybridized carbons (Fsp3) is 0.118. The van der Waals surface area contributed by atoms with E-state index in [9.17, 15) is 8.78 Å². The summed E-state index contributed by atoms with van der Waals surface area (Å²) < 4.78 is 26.8. The molecule has 114 valence electrons. The first-order valence-corrected chi connectivity index (χ1v) is 6.95. The Kier molecular flexibility index (Phi) is 3.85. The van der Waals surface area contributed by atoms with Crippen LogP contribution in [-0.2, 0) is 0 Å². The van der Waals surface area contributed by atoms with Crippen LogP contribution in [0.2, 0.25) is 0 Å². The second kappa shape index (κ2) is 5.97. The summed E-state index contributed by atoms with van der Waals surface area (Å²) in [6.45, 7) is 1.89. The fourth-order valence-corrected chi connectivity index (χ4v) is 2.33. The third kappa shape index (κ3) is 2.94. The van der Waals surface area contributed by atoms with Crippen LogP contribution >= 0.6 is 0 Å². The van der Waals surface area contributed by atoms with Gasteiger partial charge in [0.15, 0.2) is 11.6 Å². The summed E-state index contributed by atoms with van der Waals surface area (Å²) in [6, 6.07) is 11.2. The predicted octanol–water partition coefficient (Wildman–Crippen LogP) is 3.95. The molecule has 0 fully saturated rings. The van der Waals surface area contributed by atoms with Crippen LogP contribution in [0.15, 0.2) is 42.7 Å². The van der Waals surface area contributed by atoms with Crippen molar-refractivity contribution >= 4 is 16.7 Å². The molecule has 0 aliphatic rings. The molecule has 3 rings (SSSR count). The summed E-state index contributed by atoms with van der Waals surface area (Å²) >= 11 is 0. The lowest BCUT2D eigenvalue weighted by atomic mass is 10.1. The number of benzene rings is 2. The summed E-state index contributed by atoms with van der Waals surface area (Å²) in [5.74, 6) is -1.49. The Bertz CT molecular complexity index is 918. The van der Waals surface area contributed by atoms with Crippen molar-refractivity contribution < 1.29 is 8.78 Å². The molecule has 0 amide bonds. The second-order valence-electron chi connectivity index (χ2n) is 5.11. The zero-order chi connectivity index (χ0) is 16.4. The number of rotatable bonds is 3. The Labute approximate surface area is 131 Å². The van der Waals surface area contributed by atoms with Crippen LogP contribution in [0.4, 0.5) is 14.6 Å². The lowest BCUT2D eigenvalue weighted by molar-refractivity contribution is 0.510. The van der Waals surface area contributed by atoms with Crippen molar-refractivity contribution in [3.63, 3.8) is 0 Å². The van der Waals surface area contributed by atoms with Crippen molar-refractivity contribution in [1.82, 2.24) is 9.97 Å². The number of fused-ring (bicyclic) bond motifs is 1. The second-order valence-corrected chi connectivity index (χ2v) is 5.11. The van der Waals surface area contributed by atoms with Gasteiger partial charge in [-0.25, -0.2) is 18.7 Å². The van der Waals surface area contributed by atoms with E-state index in [1.165, 1.54) is 6.33 Å². The molecule has 0 aliphatic carbocycles. The molecule has 4 nitrogen and oxygen atoms in total. The summed E-state index contributed by atoms with van der Waals surface area (Å²) in [5.41, 5.74) is 1.76. The van der Waals surface area contributed by atoms with Gasteiger partial charge in [0.05, 0.1) is 23.2 Å². The van der Waals surface area contributed by atoms with Crippen LogP contribution in [0.5, 0.6) is 0 Å². The molecular formula is C17H12F2N4. The number of nitrogens with zero attached hydrogens (tertiary/aromatic N) is 3. The van der Waals surface area contributed by atoms with Crippen molar-refractivity contribution in [2.24, 2.45) is 0 Å². The molecule has 0 radical (unpaired) electrons. The van der Waals surface area contributed by atoms with Crippen molar-refractivity contribution in [2.45, 2.75) is 13.0 Å². The van der Waals surface area contributed by atoms with Crippen molar-refractivity contribution in [1.29, 1.82) is 5.26 Å². The molecule has 0 bridgehead atoms. The van der Waals surface area contributed by atoms with E-state index < -0.39 is 11.6 Å². The number of anilines is 1. The van der Waals surface area contributed by atoms with Crippen LogP contribution in [0.3, 0.4) is 0 Å². The molecule has 3 aromatic rings. The Hall–Kier alpha value is -3.07. The van der Waals surface area contributed by atoms with E-state index in [-0.39, 0.29) is 6.04 Å². The zero-order valence-corrected chi connectivity index (χ0v) is 12.2. The number of hydrogen-bond acceptors (Lipinski definition) is 4. The molecule has 23 heavy (non-hydrogen) atoms. The van der Waals surface area contributed by atoms with E-state index in [0.29, 0.717) is 22.3 Å². The number of hydrogen-bond donors (Lipinski definition) is 1. The van der Waals surface area contributed by atoms with Gasteiger partial charge in [-0.05, 0) is 30.7 Å². The fourth-order valence-electron chi connectivity index (χ4n) is 2.33. The van der Waals surface area contributed by atoms with Crippen LogP contribution < -0.4 is 5.32 Å². The number of halogens is 2. The highest BCUT2D eigenvalue weighted by molar-refractivity contribution is 5.89. The highest BCUT2D eigenvalue weighted by Crippen LogP contribution is 2.26. The van der Waals surface area contributed by atoms with E-state index in [1.54, 1.807) is 18.2 Å². The smallest absolute Gasteiger partial charge is 0.161 e.